The molecule has 1 aromatic carbocycles. The van der Waals surface area contributed by atoms with Gasteiger partial charge in [0.2, 0.25) is 0 Å². The molecule has 40 heavy (non-hydrogen) atoms. The maximum absolute atomic E-state index is 13.9. The van der Waals surface area contributed by atoms with Gasteiger partial charge in [0.25, 0.3) is 11.5 Å². The van der Waals surface area contributed by atoms with Crippen LogP contribution in [0, 0.1) is 6.92 Å². The second-order valence-corrected chi connectivity index (χ2v) is 12.2. The zero-order chi connectivity index (χ0) is 28.1. The van der Waals surface area contributed by atoms with E-state index in [1.165, 1.54) is 36.6 Å². The van der Waals surface area contributed by atoms with Crippen LogP contribution in [-0.4, -0.2) is 62.1 Å². The number of hydrogen-bond acceptors (Lipinski definition) is 7. The molecule has 0 N–H and O–H groups in total. The van der Waals surface area contributed by atoms with Crippen LogP contribution >= 0.6 is 24.0 Å². The van der Waals surface area contributed by atoms with Gasteiger partial charge in [0, 0.05) is 45.5 Å². The fourth-order valence-corrected chi connectivity index (χ4v) is 6.61. The van der Waals surface area contributed by atoms with E-state index in [0.29, 0.717) is 32.8 Å². The van der Waals surface area contributed by atoms with E-state index in [9.17, 15) is 9.59 Å². The summed E-state index contributed by atoms with van der Waals surface area (Å²) in [7, 11) is 0. The highest BCUT2D eigenvalue weighted by Gasteiger charge is 2.33. The molecule has 0 spiro atoms. The molecule has 5 rings (SSSR count). The number of pyridine rings is 1. The highest BCUT2D eigenvalue weighted by Crippen LogP contribution is 2.34. The molecule has 0 aliphatic carbocycles. The number of carbonyl (C=O) groups is 1. The first kappa shape index (κ1) is 28.5. The van der Waals surface area contributed by atoms with Crippen molar-refractivity contribution in [1.29, 1.82) is 0 Å². The Hall–Kier alpha value is -3.01. The molecule has 7 nitrogen and oxygen atoms in total. The first-order valence-electron chi connectivity index (χ1n) is 14.2. The number of thiocarbonyl (C=S) groups is 1. The Labute approximate surface area is 245 Å². The number of aromatic nitrogens is 2. The molecule has 4 heterocycles. The molecule has 2 aliphatic heterocycles. The third kappa shape index (κ3) is 6.32. The van der Waals surface area contributed by atoms with Crippen molar-refractivity contribution < 1.29 is 4.79 Å². The lowest BCUT2D eigenvalue weighted by molar-refractivity contribution is -0.122. The van der Waals surface area contributed by atoms with Gasteiger partial charge in [-0.15, -0.1) is 0 Å². The summed E-state index contributed by atoms with van der Waals surface area (Å²) in [5.41, 5.74) is 3.15. The molecule has 210 valence electrons. The molecular formula is C31H37N5O2S2. The highest BCUT2D eigenvalue weighted by molar-refractivity contribution is 8.26. The number of rotatable bonds is 10. The fraction of sp³-hybridized carbons (Fsp3) is 0.419. The van der Waals surface area contributed by atoms with Crippen molar-refractivity contribution in [2.75, 3.05) is 37.6 Å². The Morgan fingerprint density at radius 1 is 0.975 bits per heavy atom. The molecule has 2 aliphatic rings. The number of amides is 1. The molecule has 9 heteroatoms. The summed E-state index contributed by atoms with van der Waals surface area (Å²) in [5, 5.41) is 0. The zero-order valence-corrected chi connectivity index (χ0v) is 25.0. The van der Waals surface area contributed by atoms with E-state index in [1.54, 1.807) is 21.6 Å². The van der Waals surface area contributed by atoms with Crippen molar-refractivity contribution >= 4 is 51.7 Å². The van der Waals surface area contributed by atoms with Crippen molar-refractivity contribution in [3.8, 4) is 0 Å². The van der Waals surface area contributed by atoms with Gasteiger partial charge in [0.1, 0.15) is 15.8 Å². The quantitative estimate of drug-likeness (QED) is 0.180. The number of benzene rings is 1. The lowest BCUT2D eigenvalue weighted by Gasteiger charge is -2.36. The number of thioether (sulfide) groups is 1. The number of carbonyl (C=O) groups excluding carboxylic acids is 1. The highest BCUT2D eigenvalue weighted by atomic mass is 32.2. The van der Waals surface area contributed by atoms with E-state index >= 15 is 0 Å². The van der Waals surface area contributed by atoms with Gasteiger partial charge in [-0.25, -0.2) is 4.98 Å². The van der Waals surface area contributed by atoms with Crippen molar-refractivity contribution in [2.45, 2.75) is 52.5 Å². The normalized spacial score (nSPS) is 17.5. The monoisotopic (exact) mass is 575 g/mol. The number of anilines is 1. The van der Waals surface area contributed by atoms with Gasteiger partial charge in [0.05, 0.1) is 10.5 Å². The van der Waals surface area contributed by atoms with Crippen molar-refractivity contribution in [3.63, 3.8) is 0 Å². The van der Waals surface area contributed by atoms with Crippen LogP contribution in [0.5, 0.6) is 0 Å². The molecule has 3 aromatic rings. The molecule has 2 fully saturated rings. The van der Waals surface area contributed by atoms with Gasteiger partial charge in [-0.3, -0.25) is 23.8 Å². The largest absolute Gasteiger partial charge is 0.353 e. The Morgan fingerprint density at radius 2 is 1.73 bits per heavy atom. The third-order valence-corrected chi connectivity index (χ3v) is 9.00. The predicted octanol–water partition coefficient (Wildman–Crippen LogP) is 5.50. The van der Waals surface area contributed by atoms with Crippen molar-refractivity contribution in [2.24, 2.45) is 0 Å². The molecule has 0 saturated carbocycles. The molecule has 2 saturated heterocycles. The minimum atomic E-state index is -0.166. The summed E-state index contributed by atoms with van der Waals surface area (Å²) < 4.78 is 2.15. The number of unbranched alkanes of at least 4 members (excludes halogenated alkanes) is 4. The lowest BCUT2D eigenvalue weighted by atomic mass is 10.1. The molecule has 0 atom stereocenters. The van der Waals surface area contributed by atoms with E-state index in [0.717, 1.165) is 51.1 Å². The summed E-state index contributed by atoms with van der Waals surface area (Å²) in [6.45, 7) is 8.91. The number of piperazine rings is 1. The minimum absolute atomic E-state index is 0.113. The van der Waals surface area contributed by atoms with Crippen LogP contribution in [0.25, 0.3) is 11.7 Å². The second-order valence-electron chi connectivity index (χ2n) is 10.5. The minimum Gasteiger partial charge on any atom is -0.353 e. The Kier molecular flexibility index (Phi) is 9.34. The van der Waals surface area contributed by atoms with Crippen LogP contribution < -0.4 is 10.5 Å². The topological polar surface area (TPSA) is 61.2 Å². The van der Waals surface area contributed by atoms with Gasteiger partial charge in [-0.1, -0.05) is 93.0 Å². The number of aryl methyl sites for hydroxylation is 1. The van der Waals surface area contributed by atoms with Gasteiger partial charge in [-0.05, 0) is 36.6 Å². The Morgan fingerprint density at radius 3 is 2.48 bits per heavy atom. The van der Waals surface area contributed by atoms with E-state index in [1.807, 2.05) is 25.1 Å². The number of nitrogens with zero attached hydrogens (tertiary/aromatic N) is 5. The maximum atomic E-state index is 13.9. The third-order valence-electron chi connectivity index (χ3n) is 7.62. The first-order chi connectivity index (χ1) is 19.5. The van der Waals surface area contributed by atoms with E-state index in [2.05, 4.69) is 41.0 Å². The van der Waals surface area contributed by atoms with E-state index in [4.69, 9.17) is 17.2 Å². The van der Waals surface area contributed by atoms with Gasteiger partial charge >= 0.3 is 0 Å². The van der Waals surface area contributed by atoms with E-state index < -0.39 is 0 Å². The average molecular weight is 576 g/mol. The lowest BCUT2D eigenvalue weighted by Crippen LogP contribution is -2.47. The summed E-state index contributed by atoms with van der Waals surface area (Å²) in [5.74, 6) is 0.529. The van der Waals surface area contributed by atoms with Crippen LogP contribution in [-0.2, 0) is 11.3 Å². The van der Waals surface area contributed by atoms with Crippen molar-refractivity contribution in [3.05, 3.63) is 80.6 Å². The predicted molar refractivity (Wildman–Crippen MR) is 169 cm³/mol. The summed E-state index contributed by atoms with van der Waals surface area (Å²) >= 11 is 6.86. The zero-order valence-electron chi connectivity index (χ0n) is 23.3. The van der Waals surface area contributed by atoms with Crippen molar-refractivity contribution in [1.82, 2.24) is 19.2 Å². The van der Waals surface area contributed by atoms with Crippen LogP contribution in [0.2, 0.25) is 0 Å². The second kappa shape index (κ2) is 13.1. The number of fused-ring (bicyclic) bond motifs is 1. The first-order valence-corrected chi connectivity index (χ1v) is 15.5. The molecule has 1 amide bonds. The Bertz CT molecular complexity index is 1460. The van der Waals surface area contributed by atoms with Crippen LogP contribution in [0.15, 0.2) is 58.4 Å². The van der Waals surface area contributed by atoms with Crippen LogP contribution in [0.1, 0.15) is 55.7 Å². The summed E-state index contributed by atoms with van der Waals surface area (Å²) in [4.78, 5) is 39.0. The molecule has 0 unspecified atom stereocenters. The van der Waals surface area contributed by atoms with Crippen LogP contribution in [0.3, 0.4) is 0 Å². The molecule has 2 aromatic heterocycles. The van der Waals surface area contributed by atoms with Crippen LogP contribution in [0.4, 0.5) is 5.82 Å². The SMILES string of the molecule is CCCCCCCN1C(=O)C(=Cc2c(N3CCN(Cc4ccccc4)CC3)nc3c(C)cccn3c2=O)SC1=S. The number of hydrogen-bond donors (Lipinski definition) is 0. The fourth-order valence-electron chi connectivity index (χ4n) is 5.32. The molecule has 0 bridgehead atoms. The van der Waals surface area contributed by atoms with Gasteiger partial charge < -0.3 is 4.90 Å². The summed E-state index contributed by atoms with van der Waals surface area (Å²) in [6.07, 6.45) is 9.05. The van der Waals surface area contributed by atoms with Gasteiger partial charge in [0.15, 0.2) is 0 Å². The Balaban J connectivity index is 1.41. The van der Waals surface area contributed by atoms with E-state index in [-0.39, 0.29) is 11.5 Å². The average Bonchev–Trinajstić information content (AvgIpc) is 3.23. The van der Waals surface area contributed by atoms with Gasteiger partial charge in [-0.2, -0.15) is 0 Å². The molecular weight excluding hydrogens is 539 g/mol. The molecule has 0 radical (unpaired) electrons. The maximum Gasteiger partial charge on any atom is 0.267 e. The standard InChI is InChI=1S/C31H37N5O2S2/c1-3-4-5-6-10-15-36-30(38)26(40-31(36)39)21-25-28(32-27-23(2)12-11-16-35(27)29(25)37)34-19-17-33(18-20-34)22-24-13-8-7-9-14-24/h7-9,11-14,16,21H,3-6,10,15,17-20,22H2,1-2H3. The summed E-state index contributed by atoms with van der Waals surface area (Å²) in [6, 6.07) is 14.3. The smallest absolute Gasteiger partial charge is 0.267 e.